The van der Waals surface area contributed by atoms with Crippen LogP contribution >= 0.6 is 11.6 Å². The summed E-state index contributed by atoms with van der Waals surface area (Å²) in [4.78, 5) is 26.9. The van der Waals surface area contributed by atoms with Gasteiger partial charge in [-0.15, -0.1) is 0 Å². The van der Waals surface area contributed by atoms with Crippen molar-refractivity contribution in [2.24, 2.45) is 5.92 Å². The van der Waals surface area contributed by atoms with Crippen molar-refractivity contribution in [1.82, 2.24) is 24.5 Å². The minimum atomic E-state index is -3.71. The van der Waals surface area contributed by atoms with E-state index >= 15 is 4.39 Å². The lowest BCUT2D eigenvalue weighted by Crippen LogP contribution is -2.42. The van der Waals surface area contributed by atoms with Crippen LogP contribution in [0.2, 0.25) is 5.02 Å². The largest absolute Gasteiger partial charge is 0.481 e. The number of carbonyl (C=O) groups excluding carboxylic acids is 1. The number of methoxy groups -OCH3 is 1. The average molecular weight is 870 g/mol. The fourth-order valence-electron chi connectivity index (χ4n) is 9.98. The number of likely N-dealkylation sites (tertiary alicyclic amines) is 2. The Labute approximate surface area is 359 Å². The number of hydrogen-bond donors (Lipinski definition) is 2. The van der Waals surface area contributed by atoms with E-state index in [-0.39, 0.29) is 23.8 Å². The van der Waals surface area contributed by atoms with Gasteiger partial charge in [-0.2, -0.15) is 4.98 Å². The number of nitrogens with one attached hydrogen (secondary N) is 1. The Bertz CT molecular complexity index is 2700. The Morgan fingerprint density at radius 1 is 0.984 bits per heavy atom. The third-order valence-corrected chi connectivity index (χ3v) is 16.2. The molecule has 5 aliphatic rings. The monoisotopic (exact) mass is 869 g/mol. The van der Waals surface area contributed by atoms with Crippen LogP contribution in [0.1, 0.15) is 91.0 Å². The highest BCUT2D eigenvalue weighted by molar-refractivity contribution is 7.91. The molecule has 2 N–H and O–H groups in total. The van der Waals surface area contributed by atoms with E-state index in [2.05, 4.69) is 37.7 Å². The molecule has 4 heterocycles. The van der Waals surface area contributed by atoms with Crippen LogP contribution in [-0.2, 0) is 34.2 Å². The summed E-state index contributed by atoms with van der Waals surface area (Å²) in [5, 5.41) is 10.4. The summed E-state index contributed by atoms with van der Waals surface area (Å²) in [6.45, 7) is 6.69. The molecule has 3 aromatic carbocycles. The van der Waals surface area contributed by atoms with E-state index in [1.165, 1.54) is 5.56 Å². The molecule has 61 heavy (non-hydrogen) atoms. The number of sulfonamides is 1. The summed E-state index contributed by atoms with van der Waals surface area (Å²) in [5.41, 5.74) is 8.90. The van der Waals surface area contributed by atoms with Crippen LogP contribution in [0.4, 0.5) is 4.39 Å². The number of rotatable bonds is 11. The molecule has 2 saturated heterocycles. The summed E-state index contributed by atoms with van der Waals surface area (Å²) in [6.07, 6.45) is 4.54. The average Bonchev–Trinajstić information content (AvgIpc) is 3.85. The highest BCUT2D eigenvalue weighted by Gasteiger charge is 2.51. The van der Waals surface area contributed by atoms with Crippen LogP contribution < -0.4 is 14.2 Å². The van der Waals surface area contributed by atoms with E-state index in [9.17, 15) is 18.3 Å². The van der Waals surface area contributed by atoms with Gasteiger partial charge in [0, 0.05) is 43.3 Å². The molecule has 5 aromatic rings. The molecule has 0 bridgehead atoms. The molecule has 2 aliphatic heterocycles. The molecule has 1 amide bonds. The van der Waals surface area contributed by atoms with Crippen LogP contribution in [0, 0.1) is 18.7 Å². The molecule has 1 saturated carbocycles. The molecule has 3 aliphatic carbocycles. The number of fused-ring (bicyclic) bond motifs is 3. The maximum atomic E-state index is 16.3. The fourth-order valence-corrected chi connectivity index (χ4v) is 11.5. The molecular formula is C46H49ClFN5O7S. The maximum absolute atomic E-state index is 16.3. The van der Waals surface area contributed by atoms with E-state index in [1.807, 2.05) is 37.3 Å². The minimum absolute atomic E-state index is 0.105. The lowest BCUT2D eigenvalue weighted by Gasteiger charge is -2.25. The van der Waals surface area contributed by atoms with Crippen molar-refractivity contribution in [3.05, 3.63) is 92.8 Å². The van der Waals surface area contributed by atoms with E-state index < -0.39 is 32.4 Å². The van der Waals surface area contributed by atoms with Crippen molar-refractivity contribution >= 4 is 38.6 Å². The van der Waals surface area contributed by atoms with Crippen molar-refractivity contribution in [3.63, 3.8) is 0 Å². The topological polar surface area (TPSA) is 147 Å². The number of aromatic nitrogens is 2. The summed E-state index contributed by atoms with van der Waals surface area (Å²) >= 11 is 6.77. The van der Waals surface area contributed by atoms with Gasteiger partial charge in [-0.1, -0.05) is 41.9 Å². The number of nitrogens with zero attached hydrogens (tertiary/aromatic N) is 4. The number of aliphatic hydroxyl groups excluding tert-OH is 1. The quantitative estimate of drug-likeness (QED) is 0.135. The zero-order chi connectivity index (χ0) is 42.4. The van der Waals surface area contributed by atoms with Gasteiger partial charge < -0.3 is 19.0 Å². The second kappa shape index (κ2) is 15.3. The van der Waals surface area contributed by atoms with Crippen molar-refractivity contribution in [3.8, 4) is 34.3 Å². The van der Waals surface area contributed by atoms with Crippen LogP contribution in [0.25, 0.3) is 33.7 Å². The second-order valence-electron chi connectivity index (χ2n) is 17.7. The van der Waals surface area contributed by atoms with Crippen molar-refractivity contribution in [2.45, 2.75) is 94.8 Å². The van der Waals surface area contributed by atoms with Crippen LogP contribution in [0.5, 0.6) is 11.8 Å². The number of oxazole rings is 1. The van der Waals surface area contributed by atoms with Crippen LogP contribution in [0.3, 0.4) is 0 Å². The Kier molecular flexibility index (Phi) is 10.2. The third-order valence-electron chi connectivity index (χ3n) is 13.8. The molecule has 320 valence electrons. The summed E-state index contributed by atoms with van der Waals surface area (Å²) in [5.74, 6) is -0.209. The van der Waals surface area contributed by atoms with Crippen molar-refractivity contribution < 1.29 is 36.6 Å². The fraction of sp³-hybridized carbons (Fsp3) is 0.457. The van der Waals surface area contributed by atoms with Gasteiger partial charge in [0.15, 0.2) is 11.4 Å². The molecule has 4 atom stereocenters. The van der Waals surface area contributed by atoms with E-state index in [0.29, 0.717) is 92.0 Å². The predicted octanol–water partition coefficient (Wildman–Crippen LogP) is 7.61. The first-order chi connectivity index (χ1) is 29.3. The molecule has 15 heteroatoms. The van der Waals surface area contributed by atoms with E-state index in [4.69, 9.17) is 30.5 Å². The van der Waals surface area contributed by atoms with Gasteiger partial charge in [-0.3, -0.25) is 19.3 Å². The van der Waals surface area contributed by atoms with Crippen LogP contribution in [0.15, 0.2) is 52.9 Å². The van der Waals surface area contributed by atoms with Gasteiger partial charge in [0.1, 0.15) is 16.6 Å². The SMILES string of the molecule is COc1nc(O[C@H]2CCc3c(-c4cccc(-c5nc6cc7c(c(F)c6o5)CC[C@H]7N5CC[C@@H](C(=O)NS(=O)(=O)C6(C)CC6)C5)c4C)cccc32)c(Cl)cc1CN1CC[C@@H](O)C1. The number of ether oxygens (including phenoxy) is 2. The molecule has 0 radical (unpaired) electrons. The summed E-state index contributed by atoms with van der Waals surface area (Å²) in [6, 6.07) is 15.9. The Hall–Kier alpha value is -4.60. The third kappa shape index (κ3) is 7.17. The zero-order valence-electron chi connectivity index (χ0n) is 34.5. The molecule has 10 rings (SSSR count). The molecule has 12 nitrogen and oxygen atoms in total. The van der Waals surface area contributed by atoms with E-state index in [1.54, 1.807) is 14.0 Å². The van der Waals surface area contributed by atoms with Gasteiger partial charge in [-0.05, 0) is 129 Å². The number of pyridine rings is 1. The molecular weight excluding hydrogens is 821 g/mol. The molecule has 3 fully saturated rings. The molecule has 0 spiro atoms. The van der Waals surface area contributed by atoms with Gasteiger partial charge in [-0.25, -0.2) is 17.8 Å². The zero-order valence-corrected chi connectivity index (χ0v) is 36.0. The first-order valence-electron chi connectivity index (χ1n) is 21.3. The number of β-amino-alcohol motifs (C(OH)–C–C–N with tert-alkyl or cyclic N) is 1. The lowest BCUT2D eigenvalue weighted by molar-refractivity contribution is -0.122. The number of amides is 1. The van der Waals surface area contributed by atoms with Crippen LogP contribution in [-0.4, -0.2) is 83.3 Å². The highest BCUT2D eigenvalue weighted by Crippen LogP contribution is 2.46. The smallest absolute Gasteiger partial charge is 0.240 e. The van der Waals surface area contributed by atoms with Crippen molar-refractivity contribution in [1.29, 1.82) is 0 Å². The Morgan fingerprint density at radius 3 is 2.52 bits per heavy atom. The number of carbonyl (C=O) groups is 1. The molecule has 2 aromatic heterocycles. The Morgan fingerprint density at radius 2 is 1.75 bits per heavy atom. The normalized spacial score (nSPS) is 23.4. The summed E-state index contributed by atoms with van der Waals surface area (Å²) in [7, 11) is -2.13. The van der Waals surface area contributed by atoms with Gasteiger partial charge in [0.25, 0.3) is 0 Å². The number of hydrogen-bond acceptors (Lipinski definition) is 11. The highest BCUT2D eigenvalue weighted by atomic mass is 35.5. The Balaban J connectivity index is 0.882. The van der Waals surface area contributed by atoms with E-state index in [0.717, 1.165) is 64.8 Å². The van der Waals surface area contributed by atoms with Gasteiger partial charge in [0.2, 0.25) is 33.6 Å². The number of aliphatic hydroxyl groups is 1. The lowest BCUT2D eigenvalue weighted by atomic mass is 9.91. The van der Waals surface area contributed by atoms with Crippen molar-refractivity contribution in [2.75, 3.05) is 33.3 Å². The predicted molar refractivity (Wildman–Crippen MR) is 228 cm³/mol. The number of benzene rings is 3. The number of halogens is 2. The van der Waals surface area contributed by atoms with Gasteiger partial charge in [0.05, 0.1) is 23.9 Å². The standard InChI is InChI=1S/C46H49ClFN5O7S/c1-25-29(31-8-5-9-33-32(31)11-13-39(33)59-45-36(47)20-27(43(50-45)58-3)22-52-18-15-28(54)24-52)6-4-7-30(25)44-49-37-21-35-34(40(48)41(37)60-44)10-12-38(35)53-19-14-26(23-53)42(55)51-61(56,57)46(2)16-17-46/h4-9,20-21,26,28,38-39,54H,10-19,22-24H2,1-3H3,(H,51,55)/t26-,28-,38-,39+/m1/s1. The van der Waals surface area contributed by atoms with Gasteiger partial charge >= 0.3 is 0 Å². The summed E-state index contributed by atoms with van der Waals surface area (Å²) < 4.78 is 61.7. The molecule has 0 unspecified atom stereocenters. The minimum Gasteiger partial charge on any atom is -0.481 e. The second-order valence-corrected chi connectivity index (χ2v) is 20.3. The first kappa shape index (κ1) is 40.5. The first-order valence-corrected chi connectivity index (χ1v) is 23.1. The maximum Gasteiger partial charge on any atom is 0.240 e.